The zero-order valence-corrected chi connectivity index (χ0v) is 10.0. The van der Waals surface area contributed by atoms with E-state index in [0.717, 1.165) is 12.1 Å². The highest BCUT2D eigenvalue weighted by Crippen LogP contribution is 2.32. The number of para-hydroxylation sites is 2. The van der Waals surface area contributed by atoms with Crippen molar-refractivity contribution in [3.63, 3.8) is 0 Å². The van der Waals surface area contributed by atoms with Crippen molar-refractivity contribution in [1.29, 1.82) is 0 Å². The maximum Gasteiger partial charge on any atom is 0.416 e. The molecule has 0 atom stereocenters. The van der Waals surface area contributed by atoms with E-state index >= 15 is 0 Å². The van der Waals surface area contributed by atoms with E-state index in [2.05, 4.69) is 5.32 Å². The van der Waals surface area contributed by atoms with E-state index in [1.54, 1.807) is 6.07 Å². The monoisotopic (exact) mass is 282 g/mol. The van der Waals surface area contributed by atoms with Gasteiger partial charge < -0.3 is 5.32 Å². The van der Waals surface area contributed by atoms with Gasteiger partial charge in [-0.3, -0.25) is 10.1 Å². The van der Waals surface area contributed by atoms with Crippen LogP contribution in [0.4, 0.5) is 30.2 Å². The molecule has 1 N–H and O–H groups in total. The summed E-state index contributed by atoms with van der Waals surface area (Å²) in [5, 5.41) is 13.4. The number of hydrogen-bond acceptors (Lipinski definition) is 3. The minimum Gasteiger partial charge on any atom is -0.350 e. The maximum atomic E-state index is 12.6. The predicted molar refractivity (Wildman–Crippen MR) is 67.8 cm³/mol. The molecule has 0 amide bonds. The summed E-state index contributed by atoms with van der Waals surface area (Å²) < 4.78 is 37.7. The van der Waals surface area contributed by atoms with Crippen LogP contribution in [0.5, 0.6) is 0 Å². The van der Waals surface area contributed by atoms with Gasteiger partial charge in [-0.1, -0.05) is 18.2 Å². The molecule has 0 saturated heterocycles. The Morgan fingerprint density at radius 3 is 2.40 bits per heavy atom. The van der Waals surface area contributed by atoms with E-state index in [4.69, 9.17) is 0 Å². The Morgan fingerprint density at radius 1 is 1.05 bits per heavy atom. The Morgan fingerprint density at radius 2 is 1.75 bits per heavy atom. The third-order valence-electron chi connectivity index (χ3n) is 2.57. The number of benzene rings is 2. The lowest BCUT2D eigenvalue weighted by molar-refractivity contribution is -0.383. The summed E-state index contributed by atoms with van der Waals surface area (Å²) in [4.78, 5) is 10.2. The first-order chi connectivity index (χ1) is 9.38. The van der Waals surface area contributed by atoms with Crippen molar-refractivity contribution >= 4 is 17.1 Å². The molecule has 0 aliphatic carbocycles. The van der Waals surface area contributed by atoms with Gasteiger partial charge in [0.05, 0.1) is 10.5 Å². The molecule has 0 fully saturated rings. The summed E-state index contributed by atoms with van der Waals surface area (Å²) in [6.07, 6.45) is -4.46. The quantitative estimate of drug-likeness (QED) is 0.672. The summed E-state index contributed by atoms with van der Waals surface area (Å²) in [5.74, 6) is 0. The van der Waals surface area contributed by atoms with Gasteiger partial charge in [-0.05, 0) is 24.3 Å². The van der Waals surface area contributed by atoms with Gasteiger partial charge in [-0.25, -0.2) is 0 Å². The van der Waals surface area contributed by atoms with Gasteiger partial charge in [-0.15, -0.1) is 0 Å². The lowest BCUT2D eigenvalue weighted by Crippen LogP contribution is -2.05. The third kappa shape index (κ3) is 3.05. The van der Waals surface area contributed by atoms with Gasteiger partial charge in [0.25, 0.3) is 5.69 Å². The molecular formula is C13H9F3N2O2. The molecular weight excluding hydrogens is 273 g/mol. The SMILES string of the molecule is O=[N+]([O-])c1ccccc1Nc1cccc(C(F)(F)F)c1. The molecule has 0 aliphatic rings. The topological polar surface area (TPSA) is 55.2 Å². The number of nitro benzene ring substituents is 1. The number of anilines is 2. The van der Waals surface area contributed by atoms with E-state index in [0.29, 0.717) is 0 Å². The molecule has 2 aromatic carbocycles. The first-order valence-electron chi connectivity index (χ1n) is 5.55. The molecule has 0 bridgehead atoms. The predicted octanol–water partition coefficient (Wildman–Crippen LogP) is 4.36. The molecule has 4 nitrogen and oxygen atoms in total. The average molecular weight is 282 g/mol. The van der Waals surface area contributed by atoms with Crippen LogP contribution in [-0.4, -0.2) is 4.92 Å². The van der Waals surface area contributed by atoms with Crippen LogP contribution in [0.25, 0.3) is 0 Å². The second-order valence-electron chi connectivity index (χ2n) is 3.98. The van der Waals surface area contributed by atoms with Gasteiger partial charge in [0.15, 0.2) is 0 Å². The lowest BCUT2D eigenvalue weighted by Gasteiger charge is -2.10. The summed E-state index contributed by atoms with van der Waals surface area (Å²) in [6.45, 7) is 0. The molecule has 0 aromatic heterocycles. The van der Waals surface area contributed by atoms with E-state index in [1.807, 2.05) is 0 Å². The number of nitrogens with zero attached hydrogens (tertiary/aromatic N) is 1. The molecule has 0 radical (unpaired) electrons. The minimum atomic E-state index is -4.46. The summed E-state index contributed by atoms with van der Waals surface area (Å²) in [7, 11) is 0. The first-order valence-corrected chi connectivity index (χ1v) is 5.55. The van der Waals surface area contributed by atoms with Gasteiger partial charge in [0.2, 0.25) is 0 Å². The van der Waals surface area contributed by atoms with Crippen molar-refractivity contribution in [3.8, 4) is 0 Å². The minimum absolute atomic E-state index is 0.133. The molecule has 0 saturated carbocycles. The molecule has 104 valence electrons. The van der Waals surface area contributed by atoms with Crippen molar-refractivity contribution in [1.82, 2.24) is 0 Å². The second kappa shape index (κ2) is 5.20. The third-order valence-corrected chi connectivity index (χ3v) is 2.57. The van der Waals surface area contributed by atoms with Crippen LogP contribution >= 0.6 is 0 Å². The van der Waals surface area contributed by atoms with E-state index < -0.39 is 16.7 Å². The molecule has 0 spiro atoms. The van der Waals surface area contributed by atoms with Crippen LogP contribution in [0.3, 0.4) is 0 Å². The highest BCUT2D eigenvalue weighted by molar-refractivity contribution is 5.69. The largest absolute Gasteiger partial charge is 0.416 e. The summed E-state index contributed by atoms with van der Waals surface area (Å²) in [5.41, 5.74) is -0.753. The zero-order chi connectivity index (χ0) is 14.8. The lowest BCUT2D eigenvalue weighted by atomic mass is 10.2. The van der Waals surface area contributed by atoms with Crippen molar-refractivity contribution in [2.75, 3.05) is 5.32 Å². The van der Waals surface area contributed by atoms with E-state index in [-0.39, 0.29) is 17.1 Å². The zero-order valence-electron chi connectivity index (χ0n) is 10.0. The molecule has 7 heteroatoms. The highest BCUT2D eigenvalue weighted by atomic mass is 19.4. The smallest absolute Gasteiger partial charge is 0.350 e. The van der Waals surface area contributed by atoms with Crippen molar-refractivity contribution < 1.29 is 18.1 Å². The second-order valence-corrected chi connectivity index (χ2v) is 3.98. The van der Waals surface area contributed by atoms with Crippen LogP contribution in [0.2, 0.25) is 0 Å². The maximum absolute atomic E-state index is 12.6. The Hall–Kier alpha value is -2.57. The number of alkyl halides is 3. The number of nitrogens with one attached hydrogen (secondary N) is 1. The highest BCUT2D eigenvalue weighted by Gasteiger charge is 2.30. The number of nitro groups is 1. The Labute approximate surface area is 112 Å². The molecule has 0 aliphatic heterocycles. The Kier molecular flexibility index (Phi) is 3.60. The van der Waals surface area contributed by atoms with Crippen LogP contribution in [0, 0.1) is 10.1 Å². The molecule has 0 unspecified atom stereocenters. The van der Waals surface area contributed by atoms with Crippen molar-refractivity contribution in [3.05, 3.63) is 64.2 Å². The molecule has 20 heavy (non-hydrogen) atoms. The number of rotatable bonds is 3. The van der Waals surface area contributed by atoms with Crippen LogP contribution in [-0.2, 0) is 6.18 Å². The van der Waals surface area contributed by atoms with Crippen LogP contribution < -0.4 is 5.32 Å². The van der Waals surface area contributed by atoms with Gasteiger partial charge >= 0.3 is 6.18 Å². The average Bonchev–Trinajstić information content (AvgIpc) is 2.38. The molecule has 2 aromatic rings. The van der Waals surface area contributed by atoms with E-state index in [1.165, 1.54) is 30.3 Å². The number of halogens is 3. The van der Waals surface area contributed by atoms with Gasteiger partial charge in [0.1, 0.15) is 5.69 Å². The fourth-order valence-electron chi connectivity index (χ4n) is 1.67. The van der Waals surface area contributed by atoms with Crippen LogP contribution in [0.15, 0.2) is 48.5 Å². The van der Waals surface area contributed by atoms with Crippen molar-refractivity contribution in [2.45, 2.75) is 6.18 Å². The van der Waals surface area contributed by atoms with Crippen molar-refractivity contribution in [2.24, 2.45) is 0 Å². The van der Waals surface area contributed by atoms with Gasteiger partial charge in [0, 0.05) is 11.8 Å². The molecule has 2 rings (SSSR count). The summed E-state index contributed by atoms with van der Waals surface area (Å²) in [6, 6.07) is 10.2. The fraction of sp³-hybridized carbons (Fsp3) is 0.0769. The summed E-state index contributed by atoms with van der Waals surface area (Å²) >= 11 is 0. The normalized spacial score (nSPS) is 11.2. The Bertz CT molecular complexity index is 642. The first kappa shape index (κ1) is 13.9. The Balaban J connectivity index is 2.34. The fourth-order valence-corrected chi connectivity index (χ4v) is 1.67. The van der Waals surface area contributed by atoms with Gasteiger partial charge in [-0.2, -0.15) is 13.2 Å². The number of hydrogen-bond donors (Lipinski definition) is 1. The standard InChI is InChI=1S/C13H9F3N2O2/c14-13(15,16)9-4-3-5-10(8-9)17-11-6-1-2-7-12(11)18(19)20/h1-8,17H. The van der Waals surface area contributed by atoms with Crippen LogP contribution in [0.1, 0.15) is 5.56 Å². The molecule has 0 heterocycles. The van der Waals surface area contributed by atoms with E-state index in [9.17, 15) is 23.3 Å².